The summed E-state index contributed by atoms with van der Waals surface area (Å²) in [6.45, 7) is 13.5. The van der Waals surface area contributed by atoms with Crippen molar-refractivity contribution in [3.05, 3.63) is 46.3 Å². The van der Waals surface area contributed by atoms with Gasteiger partial charge in [-0.3, -0.25) is 4.57 Å². The number of hydrogen-bond acceptors (Lipinski definition) is 4. The Bertz CT molecular complexity index is 1100. The lowest BCUT2D eigenvalue weighted by Gasteiger charge is -2.39. The Hall–Kier alpha value is -2.70. The van der Waals surface area contributed by atoms with Gasteiger partial charge in [0.05, 0.1) is 28.9 Å². The Morgan fingerprint density at radius 3 is 2.28 bits per heavy atom. The van der Waals surface area contributed by atoms with Crippen LogP contribution in [0.1, 0.15) is 44.4 Å². The zero-order valence-corrected chi connectivity index (χ0v) is 16.1. The molecule has 3 N–H and O–H groups in total. The number of ether oxygens (including phenoxy) is 1. The van der Waals surface area contributed by atoms with Gasteiger partial charge < -0.3 is 20.1 Å². The first-order valence-corrected chi connectivity index (χ1v) is 8.91. The van der Waals surface area contributed by atoms with Gasteiger partial charge in [0.15, 0.2) is 5.69 Å². The third-order valence-electron chi connectivity index (χ3n) is 6.81. The number of halogens is 3. The van der Waals surface area contributed by atoms with Gasteiger partial charge in [0, 0.05) is 5.92 Å². The summed E-state index contributed by atoms with van der Waals surface area (Å²) in [5.41, 5.74) is -5.45. The number of alkyl halides is 3. The van der Waals surface area contributed by atoms with Gasteiger partial charge in [0.1, 0.15) is 16.8 Å². The van der Waals surface area contributed by atoms with E-state index in [4.69, 9.17) is 11.3 Å². The fourth-order valence-electron chi connectivity index (χ4n) is 4.84. The average molecular weight is 408 g/mol. The molecule has 154 valence electrons. The largest absolute Gasteiger partial charge is 0.494 e. The molecule has 2 unspecified atom stereocenters. The molecule has 1 saturated heterocycles. The Morgan fingerprint density at radius 2 is 1.72 bits per heavy atom. The van der Waals surface area contributed by atoms with E-state index in [-0.39, 0.29) is 16.8 Å². The maximum Gasteiger partial charge on any atom is 0.407 e. The second-order valence-electron chi connectivity index (χ2n) is 8.16. The topological polar surface area (TPSA) is 79.2 Å². The van der Waals surface area contributed by atoms with Crippen molar-refractivity contribution in [1.82, 2.24) is 4.57 Å². The normalized spacial score (nSPS) is 33.0. The second kappa shape index (κ2) is 5.26. The maximum atomic E-state index is 13.4. The van der Waals surface area contributed by atoms with E-state index in [0.717, 1.165) is 10.6 Å². The van der Waals surface area contributed by atoms with Crippen LogP contribution in [0, 0.1) is 12.5 Å². The SMILES string of the molecule is [C-]#[N+]c1ccc(-n2c(O)c3c(c2O)C2(C)OC3(C)[C@H](C)[C@@]2(C)O)cc1C(F)(F)F. The predicted molar refractivity (Wildman–Crippen MR) is 95.9 cm³/mol. The quantitative estimate of drug-likeness (QED) is 0.614. The van der Waals surface area contributed by atoms with Gasteiger partial charge in [-0.25, -0.2) is 4.85 Å². The molecule has 0 amide bonds. The highest BCUT2D eigenvalue weighted by Gasteiger charge is 2.73. The standard InChI is InChI=1S/C20H19F3N2O4/c1-9-17(2)13-14(19(4,29-17)18(9,3)28)16(27)25(15(13)26)10-6-7-12(24-5)11(8-10)20(21,22)23/h6-9,26-28H,1-4H3/t9-,17?,18+,19?/m0/s1. The van der Waals surface area contributed by atoms with Crippen molar-refractivity contribution >= 4 is 5.69 Å². The van der Waals surface area contributed by atoms with Crippen LogP contribution in [0.25, 0.3) is 10.5 Å². The van der Waals surface area contributed by atoms with Gasteiger partial charge in [-0.2, -0.15) is 13.2 Å². The van der Waals surface area contributed by atoms with E-state index in [0.29, 0.717) is 6.07 Å². The number of benzene rings is 1. The number of hydrogen-bond donors (Lipinski definition) is 3. The molecule has 9 heteroatoms. The molecule has 29 heavy (non-hydrogen) atoms. The van der Waals surface area contributed by atoms with Crippen molar-refractivity contribution < 1.29 is 33.2 Å². The molecule has 1 aromatic heterocycles. The molecule has 2 aliphatic rings. The lowest BCUT2D eigenvalue weighted by atomic mass is 9.64. The Kier molecular flexibility index (Phi) is 3.56. The minimum atomic E-state index is -4.78. The van der Waals surface area contributed by atoms with Gasteiger partial charge in [-0.15, -0.1) is 0 Å². The van der Waals surface area contributed by atoms with Crippen LogP contribution >= 0.6 is 0 Å². The van der Waals surface area contributed by atoms with Crippen LogP contribution in [-0.4, -0.2) is 25.5 Å². The number of aromatic hydroxyl groups is 2. The van der Waals surface area contributed by atoms with Crippen LogP contribution < -0.4 is 0 Å². The minimum absolute atomic E-state index is 0.142. The van der Waals surface area contributed by atoms with E-state index in [2.05, 4.69) is 4.85 Å². The summed E-state index contributed by atoms with van der Waals surface area (Å²) in [6.07, 6.45) is -4.78. The van der Waals surface area contributed by atoms with E-state index in [1.54, 1.807) is 27.7 Å². The Labute approximate surface area is 164 Å². The van der Waals surface area contributed by atoms with Crippen LogP contribution in [0.3, 0.4) is 0 Å². The summed E-state index contributed by atoms with van der Waals surface area (Å²) < 4.78 is 47.1. The molecule has 2 aliphatic heterocycles. The number of aliphatic hydroxyl groups is 1. The number of nitrogens with zero attached hydrogens (tertiary/aromatic N) is 2. The second-order valence-corrected chi connectivity index (χ2v) is 8.16. The summed E-state index contributed by atoms with van der Waals surface area (Å²) in [5.74, 6) is -1.45. The fraction of sp³-hybridized carbons (Fsp3) is 0.450. The highest BCUT2D eigenvalue weighted by atomic mass is 19.4. The molecule has 0 radical (unpaired) electrons. The smallest absolute Gasteiger partial charge is 0.407 e. The lowest BCUT2D eigenvalue weighted by Crippen LogP contribution is -2.50. The third-order valence-corrected chi connectivity index (χ3v) is 6.81. The van der Waals surface area contributed by atoms with Gasteiger partial charge in [0.25, 0.3) is 0 Å². The number of aromatic nitrogens is 1. The molecule has 4 atom stereocenters. The van der Waals surface area contributed by atoms with Crippen molar-refractivity contribution in [2.24, 2.45) is 5.92 Å². The van der Waals surface area contributed by atoms with Crippen LogP contribution in [-0.2, 0) is 22.1 Å². The van der Waals surface area contributed by atoms with Gasteiger partial charge in [0.2, 0.25) is 11.8 Å². The van der Waals surface area contributed by atoms with Crippen LogP contribution in [0.15, 0.2) is 18.2 Å². The van der Waals surface area contributed by atoms with E-state index in [9.17, 15) is 28.5 Å². The van der Waals surface area contributed by atoms with Crippen molar-refractivity contribution in [3.63, 3.8) is 0 Å². The van der Waals surface area contributed by atoms with Crippen LogP contribution in [0.5, 0.6) is 11.8 Å². The Balaban J connectivity index is 2.01. The molecule has 2 aromatic rings. The number of fused-ring (bicyclic) bond motifs is 5. The number of rotatable bonds is 1. The maximum absolute atomic E-state index is 13.4. The van der Waals surface area contributed by atoms with E-state index in [1.807, 2.05) is 0 Å². The molecule has 4 rings (SSSR count). The molecule has 0 aliphatic carbocycles. The minimum Gasteiger partial charge on any atom is -0.494 e. The first kappa shape index (κ1) is 19.6. The molecule has 6 nitrogen and oxygen atoms in total. The molecule has 1 aromatic carbocycles. The fourth-order valence-corrected chi connectivity index (χ4v) is 4.84. The molecular formula is C20H19F3N2O4. The predicted octanol–water partition coefficient (Wildman–Crippen LogP) is 4.32. The molecule has 0 saturated carbocycles. The summed E-state index contributed by atoms with van der Waals surface area (Å²) in [7, 11) is 0. The zero-order valence-electron chi connectivity index (χ0n) is 16.1. The van der Waals surface area contributed by atoms with Gasteiger partial charge in [-0.1, -0.05) is 13.0 Å². The highest BCUT2D eigenvalue weighted by molar-refractivity contribution is 5.65. The Morgan fingerprint density at radius 1 is 1.14 bits per heavy atom. The van der Waals surface area contributed by atoms with Gasteiger partial charge >= 0.3 is 6.18 Å². The summed E-state index contributed by atoms with van der Waals surface area (Å²) in [5, 5.41) is 32.8. The molecule has 3 heterocycles. The van der Waals surface area contributed by atoms with Gasteiger partial charge in [-0.05, 0) is 32.9 Å². The first-order chi connectivity index (χ1) is 13.2. The molecule has 0 spiro atoms. The molecular weight excluding hydrogens is 389 g/mol. The third kappa shape index (κ3) is 2.08. The highest BCUT2D eigenvalue weighted by Crippen LogP contribution is 2.69. The van der Waals surface area contributed by atoms with Crippen LogP contribution in [0.4, 0.5) is 18.9 Å². The summed E-state index contributed by atoms with van der Waals surface area (Å²) >= 11 is 0. The van der Waals surface area contributed by atoms with Crippen molar-refractivity contribution in [1.29, 1.82) is 0 Å². The van der Waals surface area contributed by atoms with Crippen molar-refractivity contribution in [3.8, 4) is 17.4 Å². The van der Waals surface area contributed by atoms with E-state index in [1.165, 1.54) is 6.07 Å². The van der Waals surface area contributed by atoms with Crippen molar-refractivity contribution in [2.45, 2.75) is 50.7 Å². The molecule has 1 fully saturated rings. The first-order valence-electron chi connectivity index (χ1n) is 8.91. The lowest BCUT2D eigenvalue weighted by molar-refractivity contribution is -0.136. The van der Waals surface area contributed by atoms with Crippen molar-refractivity contribution in [2.75, 3.05) is 0 Å². The van der Waals surface area contributed by atoms with E-state index >= 15 is 0 Å². The average Bonchev–Trinajstić information content (AvgIpc) is 3.09. The summed E-state index contributed by atoms with van der Waals surface area (Å²) in [6, 6.07) is 2.91. The van der Waals surface area contributed by atoms with Crippen LogP contribution in [0.2, 0.25) is 0 Å². The zero-order chi connectivity index (χ0) is 21.7. The molecule has 2 bridgehead atoms. The monoisotopic (exact) mass is 408 g/mol. The summed E-state index contributed by atoms with van der Waals surface area (Å²) in [4.78, 5) is 2.89. The van der Waals surface area contributed by atoms with E-state index < -0.39 is 51.9 Å².